The van der Waals surface area contributed by atoms with Crippen molar-refractivity contribution in [3.8, 4) is 0 Å². The van der Waals surface area contributed by atoms with E-state index in [2.05, 4.69) is 12.2 Å². The fourth-order valence-corrected chi connectivity index (χ4v) is 2.93. The van der Waals surface area contributed by atoms with Gasteiger partial charge in [0.2, 0.25) is 5.91 Å². The van der Waals surface area contributed by atoms with E-state index >= 15 is 0 Å². The van der Waals surface area contributed by atoms with Gasteiger partial charge in [-0.3, -0.25) is 4.79 Å². The van der Waals surface area contributed by atoms with E-state index in [1.807, 2.05) is 4.90 Å². The lowest BCUT2D eigenvalue weighted by atomic mass is 9.96. The molecule has 0 unspecified atom stereocenters. The molecule has 6 heteroatoms. The molecule has 124 valence electrons. The lowest BCUT2D eigenvalue weighted by molar-refractivity contribution is -0.131. The standard InChI is InChI=1S/C16H22ClFN2O.ClH/c1-2-19-11-12-6-8-20(9-7-12)16(21)10-13-14(17)4-3-5-15(13)18;/h3-5,12,19H,2,6-11H2,1H3;1H. The zero-order valence-electron chi connectivity index (χ0n) is 12.8. The first-order valence-electron chi connectivity index (χ1n) is 7.53. The average Bonchev–Trinajstić information content (AvgIpc) is 2.49. The second-order valence-electron chi connectivity index (χ2n) is 5.51. The molecular formula is C16H23Cl2FN2O. The molecule has 2 rings (SSSR count). The largest absolute Gasteiger partial charge is 0.342 e. The van der Waals surface area contributed by atoms with Crippen LogP contribution in [0.15, 0.2) is 18.2 Å². The highest BCUT2D eigenvalue weighted by atomic mass is 35.5. The topological polar surface area (TPSA) is 32.3 Å². The zero-order chi connectivity index (χ0) is 15.2. The number of nitrogens with zero attached hydrogens (tertiary/aromatic N) is 1. The summed E-state index contributed by atoms with van der Waals surface area (Å²) in [5.74, 6) is 0.188. The lowest BCUT2D eigenvalue weighted by Crippen LogP contribution is -2.41. The third-order valence-electron chi connectivity index (χ3n) is 4.04. The number of carbonyl (C=O) groups excluding carboxylic acids is 1. The van der Waals surface area contributed by atoms with Gasteiger partial charge in [0.25, 0.3) is 0 Å². The van der Waals surface area contributed by atoms with Gasteiger partial charge in [-0.1, -0.05) is 24.6 Å². The van der Waals surface area contributed by atoms with Gasteiger partial charge in [-0.15, -0.1) is 12.4 Å². The van der Waals surface area contributed by atoms with Gasteiger partial charge in [-0.25, -0.2) is 4.39 Å². The summed E-state index contributed by atoms with van der Waals surface area (Å²) in [6, 6.07) is 4.52. The molecular weight excluding hydrogens is 326 g/mol. The van der Waals surface area contributed by atoms with Crippen LogP contribution in [0, 0.1) is 11.7 Å². The van der Waals surface area contributed by atoms with Crippen molar-refractivity contribution in [2.45, 2.75) is 26.2 Å². The third kappa shape index (κ3) is 5.11. The highest BCUT2D eigenvalue weighted by Crippen LogP contribution is 2.22. The molecule has 1 heterocycles. The van der Waals surface area contributed by atoms with Crippen LogP contribution in [-0.4, -0.2) is 37.0 Å². The van der Waals surface area contributed by atoms with E-state index in [9.17, 15) is 9.18 Å². The normalized spacial score (nSPS) is 15.5. The van der Waals surface area contributed by atoms with Crippen LogP contribution in [0.2, 0.25) is 5.02 Å². The van der Waals surface area contributed by atoms with Crippen molar-refractivity contribution in [2.75, 3.05) is 26.2 Å². The van der Waals surface area contributed by atoms with Crippen molar-refractivity contribution in [3.05, 3.63) is 34.6 Å². The Balaban J connectivity index is 0.00000242. The maximum absolute atomic E-state index is 13.7. The van der Waals surface area contributed by atoms with Crippen LogP contribution in [0.3, 0.4) is 0 Å². The Morgan fingerprint density at radius 3 is 2.68 bits per heavy atom. The van der Waals surface area contributed by atoms with Crippen molar-refractivity contribution in [1.29, 1.82) is 0 Å². The first kappa shape index (κ1) is 19.2. The maximum Gasteiger partial charge on any atom is 0.227 e. The van der Waals surface area contributed by atoms with Gasteiger partial charge in [-0.2, -0.15) is 0 Å². The van der Waals surface area contributed by atoms with Gasteiger partial charge >= 0.3 is 0 Å². The molecule has 22 heavy (non-hydrogen) atoms. The first-order valence-corrected chi connectivity index (χ1v) is 7.91. The van der Waals surface area contributed by atoms with Crippen LogP contribution in [0.1, 0.15) is 25.3 Å². The minimum atomic E-state index is -0.405. The van der Waals surface area contributed by atoms with E-state index in [4.69, 9.17) is 11.6 Å². The Hall–Kier alpha value is -0.840. The lowest BCUT2D eigenvalue weighted by Gasteiger charge is -2.32. The van der Waals surface area contributed by atoms with Crippen LogP contribution in [0.25, 0.3) is 0 Å². The number of piperidine rings is 1. The van der Waals surface area contributed by atoms with E-state index in [0.717, 1.165) is 39.0 Å². The molecule has 1 aromatic carbocycles. The molecule has 0 atom stereocenters. The minimum absolute atomic E-state index is 0. The number of hydrogen-bond donors (Lipinski definition) is 1. The van der Waals surface area contributed by atoms with E-state index < -0.39 is 5.82 Å². The van der Waals surface area contributed by atoms with Crippen LogP contribution in [0.5, 0.6) is 0 Å². The predicted molar refractivity (Wildman–Crippen MR) is 90.2 cm³/mol. The van der Waals surface area contributed by atoms with E-state index in [0.29, 0.717) is 16.5 Å². The van der Waals surface area contributed by atoms with Crippen molar-refractivity contribution in [3.63, 3.8) is 0 Å². The summed E-state index contributed by atoms with van der Waals surface area (Å²) in [6.45, 7) is 5.58. The molecule has 0 aliphatic carbocycles. The summed E-state index contributed by atoms with van der Waals surface area (Å²) in [7, 11) is 0. The van der Waals surface area contributed by atoms with Crippen LogP contribution in [0.4, 0.5) is 4.39 Å². The molecule has 0 spiro atoms. The Labute approximate surface area is 142 Å². The molecule has 1 aromatic rings. The van der Waals surface area contributed by atoms with Gasteiger partial charge in [0.15, 0.2) is 0 Å². The van der Waals surface area contributed by atoms with Crippen molar-refractivity contribution >= 4 is 29.9 Å². The molecule has 1 fully saturated rings. The molecule has 0 aromatic heterocycles. The van der Waals surface area contributed by atoms with Crippen molar-refractivity contribution < 1.29 is 9.18 Å². The highest BCUT2D eigenvalue weighted by molar-refractivity contribution is 6.31. The molecule has 0 radical (unpaired) electrons. The van der Waals surface area contributed by atoms with Crippen molar-refractivity contribution in [1.82, 2.24) is 10.2 Å². The number of rotatable bonds is 5. The summed E-state index contributed by atoms with van der Waals surface area (Å²) >= 11 is 5.97. The monoisotopic (exact) mass is 348 g/mol. The number of halogens is 3. The SMILES string of the molecule is CCNCC1CCN(C(=O)Cc2c(F)cccc2Cl)CC1.Cl. The molecule has 1 aliphatic rings. The number of carbonyl (C=O) groups is 1. The Bertz CT molecular complexity index is 471. The van der Waals surface area contributed by atoms with E-state index in [-0.39, 0.29) is 24.7 Å². The quantitative estimate of drug-likeness (QED) is 0.885. The zero-order valence-corrected chi connectivity index (χ0v) is 14.4. The number of hydrogen-bond acceptors (Lipinski definition) is 2. The molecule has 3 nitrogen and oxygen atoms in total. The fourth-order valence-electron chi connectivity index (χ4n) is 2.70. The number of likely N-dealkylation sites (tertiary alicyclic amines) is 1. The smallest absolute Gasteiger partial charge is 0.227 e. The van der Waals surface area contributed by atoms with Crippen molar-refractivity contribution in [2.24, 2.45) is 5.92 Å². The Morgan fingerprint density at radius 2 is 2.09 bits per heavy atom. The minimum Gasteiger partial charge on any atom is -0.342 e. The second-order valence-corrected chi connectivity index (χ2v) is 5.92. The molecule has 1 saturated heterocycles. The number of benzene rings is 1. The molecule has 1 N–H and O–H groups in total. The van der Waals surface area contributed by atoms with Gasteiger partial charge < -0.3 is 10.2 Å². The third-order valence-corrected chi connectivity index (χ3v) is 4.39. The van der Waals surface area contributed by atoms with Gasteiger partial charge in [0.1, 0.15) is 5.82 Å². The van der Waals surface area contributed by atoms with Crippen LogP contribution >= 0.6 is 24.0 Å². The molecule has 0 bridgehead atoms. The first-order chi connectivity index (χ1) is 10.1. The predicted octanol–water partition coefficient (Wildman–Crippen LogP) is 3.29. The summed E-state index contributed by atoms with van der Waals surface area (Å²) < 4.78 is 13.7. The maximum atomic E-state index is 13.7. The number of amides is 1. The molecule has 1 amide bonds. The van der Waals surface area contributed by atoms with E-state index in [1.54, 1.807) is 12.1 Å². The number of nitrogens with one attached hydrogen (secondary N) is 1. The second kappa shape index (κ2) is 9.33. The molecule has 1 aliphatic heterocycles. The summed E-state index contributed by atoms with van der Waals surface area (Å²) in [6.07, 6.45) is 2.05. The Morgan fingerprint density at radius 1 is 1.41 bits per heavy atom. The summed E-state index contributed by atoms with van der Waals surface area (Å²) in [5, 5.41) is 3.67. The van der Waals surface area contributed by atoms with Crippen LogP contribution < -0.4 is 5.32 Å². The van der Waals surface area contributed by atoms with Crippen LogP contribution in [-0.2, 0) is 11.2 Å². The van der Waals surface area contributed by atoms with Gasteiger partial charge in [-0.05, 0) is 44.0 Å². The van der Waals surface area contributed by atoms with Gasteiger partial charge in [0, 0.05) is 23.7 Å². The summed E-state index contributed by atoms with van der Waals surface area (Å²) in [5.41, 5.74) is 0.305. The van der Waals surface area contributed by atoms with E-state index in [1.165, 1.54) is 6.07 Å². The Kier molecular flexibility index (Phi) is 8.15. The summed E-state index contributed by atoms with van der Waals surface area (Å²) in [4.78, 5) is 14.1. The molecule has 0 saturated carbocycles. The fraction of sp³-hybridized carbons (Fsp3) is 0.562. The highest BCUT2D eigenvalue weighted by Gasteiger charge is 2.23. The average molecular weight is 349 g/mol. The van der Waals surface area contributed by atoms with Gasteiger partial charge in [0.05, 0.1) is 6.42 Å².